The summed E-state index contributed by atoms with van der Waals surface area (Å²) in [7, 11) is 0. The third-order valence-corrected chi connectivity index (χ3v) is 3.63. The van der Waals surface area contributed by atoms with Crippen LogP contribution < -0.4 is 4.74 Å². The van der Waals surface area contributed by atoms with E-state index < -0.39 is 0 Å². The van der Waals surface area contributed by atoms with Crippen molar-refractivity contribution in [3.63, 3.8) is 0 Å². The summed E-state index contributed by atoms with van der Waals surface area (Å²) in [6.07, 6.45) is 1.83. The van der Waals surface area contributed by atoms with E-state index in [-0.39, 0.29) is 0 Å². The molecule has 0 atom stereocenters. The van der Waals surface area contributed by atoms with Crippen LogP contribution in [-0.4, -0.2) is 4.98 Å². The lowest BCUT2D eigenvalue weighted by Crippen LogP contribution is -1.91. The minimum absolute atomic E-state index is 0.675. The van der Waals surface area contributed by atoms with Gasteiger partial charge in [0.05, 0.1) is 5.52 Å². The predicted octanol–water partition coefficient (Wildman–Crippen LogP) is 3.59. The molecular weight excluding hydrogens is 210 g/mol. The van der Waals surface area contributed by atoms with Crippen molar-refractivity contribution in [2.45, 2.75) is 13.5 Å². The van der Waals surface area contributed by atoms with Gasteiger partial charge in [0.2, 0.25) is 0 Å². The van der Waals surface area contributed by atoms with Gasteiger partial charge in [-0.3, -0.25) is 4.98 Å². The molecular formula is C15H11NO. The molecule has 2 heterocycles. The number of hydrogen-bond acceptors (Lipinski definition) is 2. The van der Waals surface area contributed by atoms with Gasteiger partial charge in [0.15, 0.2) is 0 Å². The van der Waals surface area contributed by atoms with Gasteiger partial charge in [-0.05, 0) is 23.9 Å². The first-order valence-corrected chi connectivity index (χ1v) is 5.78. The molecule has 82 valence electrons. The van der Waals surface area contributed by atoms with Gasteiger partial charge in [-0.1, -0.05) is 24.3 Å². The van der Waals surface area contributed by atoms with Crippen LogP contribution in [0.3, 0.4) is 0 Å². The van der Waals surface area contributed by atoms with E-state index >= 15 is 0 Å². The van der Waals surface area contributed by atoms with Gasteiger partial charge in [-0.25, -0.2) is 0 Å². The summed E-state index contributed by atoms with van der Waals surface area (Å²) < 4.78 is 5.73. The molecule has 3 aromatic rings. The van der Waals surface area contributed by atoms with Gasteiger partial charge in [-0.15, -0.1) is 0 Å². The highest BCUT2D eigenvalue weighted by molar-refractivity contribution is 6.11. The highest BCUT2D eigenvalue weighted by Gasteiger charge is 2.20. The first-order valence-electron chi connectivity index (χ1n) is 5.78. The Bertz CT molecular complexity index is 762. The normalized spacial score (nSPS) is 13.2. The maximum absolute atomic E-state index is 5.73. The van der Waals surface area contributed by atoms with Crippen molar-refractivity contribution in [2.24, 2.45) is 0 Å². The van der Waals surface area contributed by atoms with Crippen LogP contribution in [-0.2, 0) is 6.61 Å². The van der Waals surface area contributed by atoms with E-state index in [0.29, 0.717) is 6.61 Å². The maximum Gasteiger partial charge on any atom is 0.131 e. The summed E-state index contributed by atoms with van der Waals surface area (Å²) in [4.78, 5) is 4.53. The van der Waals surface area contributed by atoms with E-state index in [1.54, 1.807) is 0 Å². The minimum Gasteiger partial charge on any atom is -0.488 e. The molecule has 2 aromatic carbocycles. The van der Waals surface area contributed by atoms with Gasteiger partial charge in [-0.2, -0.15) is 0 Å². The van der Waals surface area contributed by atoms with Crippen molar-refractivity contribution in [2.75, 3.05) is 0 Å². The van der Waals surface area contributed by atoms with Crippen molar-refractivity contribution in [1.29, 1.82) is 0 Å². The van der Waals surface area contributed by atoms with Gasteiger partial charge >= 0.3 is 0 Å². The smallest absolute Gasteiger partial charge is 0.131 e. The molecule has 4 rings (SSSR count). The lowest BCUT2D eigenvalue weighted by Gasteiger charge is -2.08. The molecule has 0 unspecified atom stereocenters. The van der Waals surface area contributed by atoms with Crippen LogP contribution in [0.4, 0.5) is 0 Å². The summed E-state index contributed by atoms with van der Waals surface area (Å²) in [6, 6.07) is 10.4. The molecule has 17 heavy (non-hydrogen) atoms. The number of pyridine rings is 1. The third kappa shape index (κ3) is 1.02. The quantitative estimate of drug-likeness (QED) is 0.541. The molecule has 0 saturated carbocycles. The predicted molar refractivity (Wildman–Crippen MR) is 68.3 cm³/mol. The first kappa shape index (κ1) is 8.99. The minimum atomic E-state index is 0.675. The zero-order valence-electron chi connectivity index (χ0n) is 9.53. The summed E-state index contributed by atoms with van der Waals surface area (Å²) in [5, 5.41) is 3.70. The van der Waals surface area contributed by atoms with E-state index in [4.69, 9.17) is 4.74 Å². The lowest BCUT2D eigenvalue weighted by molar-refractivity contribution is 0.326. The van der Waals surface area contributed by atoms with Crippen LogP contribution in [0.2, 0.25) is 0 Å². The van der Waals surface area contributed by atoms with Gasteiger partial charge in [0.25, 0.3) is 0 Å². The molecule has 2 nitrogen and oxygen atoms in total. The number of benzene rings is 2. The number of hydrogen-bond donors (Lipinski definition) is 0. The van der Waals surface area contributed by atoms with E-state index in [2.05, 4.69) is 36.2 Å². The van der Waals surface area contributed by atoms with Crippen LogP contribution in [0.5, 0.6) is 5.75 Å². The summed E-state index contributed by atoms with van der Waals surface area (Å²) >= 11 is 0. The molecule has 1 aliphatic heterocycles. The Morgan fingerprint density at radius 3 is 2.82 bits per heavy atom. The Hall–Kier alpha value is -2.09. The fraction of sp³-hybridized carbons (Fsp3) is 0.133. The van der Waals surface area contributed by atoms with Crippen LogP contribution in [0.25, 0.3) is 21.7 Å². The number of nitrogens with zero attached hydrogens (tertiary/aromatic N) is 1. The number of aryl methyl sites for hydroxylation is 1. The molecule has 0 fully saturated rings. The second-order valence-electron chi connectivity index (χ2n) is 4.47. The standard InChI is InChI=1S/C15H11NO/c1-9-10-4-2-3-5-11(10)15-14-12(9)8-17-13(14)6-7-16-15/h2-7H,8H2,1H3. The summed E-state index contributed by atoms with van der Waals surface area (Å²) in [5.41, 5.74) is 3.68. The fourth-order valence-corrected chi connectivity index (χ4v) is 2.76. The molecule has 0 spiro atoms. The first-order chi connectivity index (χ1) is 8.36. The molecule has 0 N–H and O–H groups in total. The van der Waals surface area contributed by atoms with Crippen molar-refractivity contribution >= 4 is 21.7 Å². The topological polar surface area (TPSA) is 22.1 Å². The summed E-state index contributed by atoms with van der Waals surface area (Å²) in [6.45, 7) is 2.84. The number of rotatable bonds is 0. The molecule has 0 bridgehead atoms. The Labute approximate surface area is 98.9 Å². The highest BCUT2D eigenvalue weighted by Crippen LogP contribution is 2.40. The van der Waals surface area contributed by atoms with Crippen LogP contribution >= 0.6 is 0 Å². The molecule has 1 aromatic heterocycles. The zero-order chi connectivity index (χ0) is 11.4. The number of aromatic nitrogens is 1. The molecule has 0 amide bonds. The van der Waals surface area contributed by atoms with E-state index in [1.807, 2.05) is 12.3 Å². The van der Waals surface area contributed by atoms with Gasteiger partial charge in [0.1, 0.15) is 12.4 Å². The number of ether oxygens (including phenoxy) is 1. The lowest BCUT2D eigenvalue weighted by atomic mass is 9.96. The molecule has 0 aliphatic carbocycles. The Kier molecular flexibility index (Phi) is 1.57. The summed E-state index contributed by atoms with van der Waals surface area (Å²) in [5.74, 6) is 0.971. The van der Waals surface area contributed by atoms with Crippen LogP contribution in [0.15, 0.2) is 36.5 Å². The molecule has 1 aliphatic rings. The highest BCUT2D eigenvalue weighted by atomic mass is 16.5. The van der Waals surface area contributed by atoms with E-state index in [0.717, 1.165) is 11.3 Å². The van der Waals surface area contributed by atoms with Crippen LogP contribution in [0.1, 0.15) is 11.1 Å². The molecule has 0 saturated heterocycles. The Balaban J connectivity index is 2.39. The SMILES string of the molecule is Cc1c2c3c(ccnc3c3ccccc13)OC2. The van der Waals surface area contributed by atoms with Crippen molar-refractivity contribution in [3.05, 3.63) is 47.7 Å². The van der Waals surface area contributed by atoms with Crippen LogP contribution in [0, 0.1) is 6.92 Å². The van der Waals surface area contributed by atoms with E-state index in [9.17, 15) is 0 Å². The Morgan fingerprint density at radius 2 is 1.94 bits per heavy atom. The fourth-order valence-electron chi connectivity index (χ4n) is 2.76. The third-order valence-electron chi connectivity index (χ3n) is 3.63. The second kappa shape index (κ2) is 2.98. The van der Waals surface area contributed by atoms with Gasteiger partial charge < -0.3 is 4.74 Å². The maximum atomic E-state index is 5.73. The molecule has 0 radical (unpaired) electrons. The zero-order valence-corrected chi connectivity index (χ0v) is 9.53. The number of fused-ring (bicyclic) bond motifs is 2. The average molecular weight is 221 g/mol. The Morgan fingerprint density at radius 1 is 1.12 bits per heavy atom. The van der Waals surface area contributed by atoms with Crippen molar-refractivity contribution in [3.8, 4) is 5.75 Å². The second-order valence-corrected chi connectivity index (χ2v) is 4.47. The average Bonchev–Trinajstić information content (AvgIpc) is 2.81. The monoisotopic (exact) mass is 221 g/mol. The van der Waals surface area contributed by atoms with Crippen molar-refractivity contribution in [1.82, 2.24) is 4.98 Å². The van der Waals surface area contributed by atoms with E-state index in [1.165, 1.54) is 27.3 Å². The van der Waals surface area contributed by atoms with Gasteiger partial charge in [0, 0.05) is 22.5 Å². The molecule has 2 heteroatoms. The van der Waals surface area contributed by atoms with Crippen molar-refractivity contribution < 1.29 is 4.74 Å². The largest absolute Gasteiger partial charge is 0.488 e.